The highest BCUT2D eigenvalue weighted by molar-refractivity contribution is 6.11. The van der Waals surface area contributed by atoms with Crippen LogP contribution in [0.15, 0.2) is 127 Å². The molecule has 8 aromatic carbocycles. The number of ether oxygens (including phenoxy) is 2. The van der Waals surface area contributed by atoms with Crippen molar-refractivity contribution >= 4 is 43.6 Å². The molecule has 92 heavy (non-hydrogen) atoms. The van der Waals surface area contributed by atoms with Gasteiger partial charge in [0.2, 0.25) is 0 Å². The molecular weight excluding hydrogens is 1150 g/mol. The molecule has 0 amide bonds. The van der Waals surface area contributed by atoms with Crippen LogP contribution in [0.4, 0.5) is 13.2 Å². The molecule has 2 aromatic heterocycles. The molecule has 0 saturated carbocycles. The molecule has 9 heteroatoms. The van der Waals surface area contributed by atoms with E-state index in [1.807, 2.05) is 18.2 Å². The van der Waals surface area contributed by atoms with Crippen molar-refractivity contribution in [2.75, 3.05) is 13.2 Å². The Labute approximate surface area is 545 Å². The molecule has 10 aromatic rings. The molecule has 0 radical (unpaired) electrons. The fourth-order valence-corrected chi connectivity index (χ4v) is 14.2. The van der Waals surface area contributed by atoms with E-state index in [4.69, 9.17) is 9.47 Å². The standard InChI is InChI=1S/C83H99F3N2O4/c1-76(2,3)47-82(19,20)53-40-62(73(89)70(42-53)87-66-29-24-49(78(7,8)9)36-57(66)58-37-50(79(10,11)12)25-30-67(58)87)61-44-55(84)28-33-72(61)91-34-23-35-92-75-64(45-56(85)46-65(75)86)63-41-54(83(21,22)48-77(4,5)6)43-71(74(63)90)88-68-31-26-51(80(13,14)15)38-59(68)60-39-52(81(16,17)18)27-32-69(60)88/h24-33,36-46,89-90H,23,34-35,47-48H2,1-22H3. The zero-order valence-corrected chi connectivity index (χ0v) is 58.9. The van der Waals surface area contributed by atoms with Crippen LogP contribution >= 0.6 is 0 Å². The van der Waals surface area contributed by atoms with E-state index in [0.717, 1.165) is 73.6 Å². The molecule has 2 N–H and O–H groups in total. The summed E-state index contributed by atoms with van der Waals surface area (Å²) in [4.78, 5) is 0. The smallest absolute Gasteiger partial charge is 0.168 e. The maximum atomic E-state index is 16.7. The third-order valence-electron chi connectivity index (χ3n) is 18.5. The molecule has 0 aliphatic rings. The fraction of sp³-hybridized carbons (Fsp3) is 0.422. The van der Waals surface area contributed by atoms with Crippen LogP contribution in [0.5, 0.6) is 23.0 Å². The van der Waals surface area contributed by atoms with Crippen molar-refractivity contribution < 1.29 is 32.9 Å². The van der Waals surface area contributed by atoms with Crippen molar-refractivity contribution in [3.8, 4) is 56.6 Å². The minimum atomic E-state index is -0.920. The molecule has 0 aliphatic carbocycles. The van der Waals surface area contributed by atoms with E-state index in [0.29, 0.717) is 28.3 Å². The van der Waals surface area contributed by atoms with Crippen LogP contribution in [0.1, 0.15) is 205 Å². The normalized spacial score (nSPS) is 13.4. The summed E-state index contributed by atoms with van der Waals surface area (Å²) in [7, 11) is 0. The number of halogens is 3. The molecule has 2 heterocycles. The van der Waals surface area contributed by atoms with Crippen LogP contribution in [0.2, 0.25) is 0 Å². The lowest BCUT2D eigenvalue weighted by molar-refractivity contribution is 0.242. The highest BCUT2D eigenvalue weighted by atomic mass is 19.1. The Morgan fingerprint density at radius 3 is 1.05 bits per heavy atom. The van der Waals surface area contributed by atoms with E-state index in [-0.39, 0.29) is 80.5 Å². The van der Waals surface area contributed by atoms with Gasteiger partial charge in [0.1, 0.15) is 28.9 Å². The maximum Gasteiger partial charge on any atom is 0.168 e. The molecule has 0 spiro atoms. The predicted molar refractivity (Wildman–Crippen MR) is 380 cm³/mol. The average molecular weight is 1250 g/mol. The van der Waals surface area contributed by atoms with Gasteiger partial charge in [-0.25, -0.2) is 13.2 Å². The van der Waals surface area contributed by atoms with Gasteiger partial charge in [-0.2, -0.15) is 0 Å². The second-order valence-electron chi connectivity index (χ2n) is 34.1. The van der Waals surface area contributed by atoms with Gasteiger partial charge in [-0.15, -0.1) is 0 Å². The van der Waals surface area contributed by atoms with E-state index < -0.39 is 28.3 Å². The fourth-order valence-electron chi connectivity index (χ4n) is 14.2. The Morgan fingerprint density at radius 2 is 0.696 bits per heavy atom. The molecule has 10 rings (SSSR count). The largest absolute Gasteiger partial charge is 0.505 e. The minimum Gasteiger partial charge on any atom is -0.505 e. The van der Waals surface area contributed by atoms with E-state index in [1.54, 1.807) is 6.07 Å². The Hall–Kier alpha value is -7.65. The second-order valence-corrected chi connectivity index (χ2v) is 34.1. The summed E-state index contributed by atoms with van der Waals surface area (Å²) in [5, 5.41) is 30.2. The lowest BCUT2D eigenvalue weighted by Gasteiger charge is -2.34. The quantitative estimate of drug-likeness (QED) is 0.106. The molecule has 0 saturated heterocycles. The Bertz CT molecular complexity index is 4350. The molecular formula is C83H99F3N2O4. The molecule has 0 atom stereocenters. The first kappa shape index (κ1) is 67.2. The number of fused-ring (bicyclic) bond motifs is 6. The van der Waals surface area contributed by atoms with Gasteiger partial charge in [0.25, 0.3) is 0 Å². The van der Waals surface area contributed by atoms with Crippen molar-refractivity contribution in [1.82, 2.24) is 9.13 Å². The van der Waals surface area contributed by atoms with Crippen LogP contribution in [0, 0.1) is 28.3 Å². The van der Waals surface area contributed by atoms with Crippen LogP contribution in [-0.4, -0.2) is 32.6 Å². The molecule has 0 bridgehead atoms. The van der Waals surface area contributed by atoms with Gasteiger partial charge in [0, 0.05) is 56.3 Å². The first-order valence-electron chi connectivity index (χ1n) is 32.9. The van der Waals surface area contributed by atoms with E-state index in [9.17, 15) is 10.2 Å². The summed E-state index contributed by atoms with van der Waals surface area (Å²) < 4.78 is 65.9. The summed E-state index contributed by atoms with van der Waals surface area (Å²) in [6, 6.07) is 40.6. The number of aromatic nitrogens is 2. The van der Waals surface area contributed by atoms with E-state index in [2.05, 4.69) is 240 Å². The zero-order chi connectivity index (χ0) is 67.5. The molecule has 486 valence electrons. The van der Waals surface area contributed by atoms with Gasteiger partial charge in [-0.1, -0.05) is 177 Å². The molecule has 6 nitrogen and oxygen atoms in total. The van der Waals surface area contributed by atoms with Crippen LogP contribution in [0.25, 0.3) is 77.2 Å². The predicted octanol–water partition coefficient (Wildman–Crippen LogP) is 23.5. The third kappa shape index (κ3) is 13.4. The first-order valence-corrected chi connectivity index (χ1v) is 32.9. The third-order valence-corrected chi connectivity index (χ3v) is 18.5. The SMILES string of the molecule is CC(C)(C)CC(C)(C)c1cc(-c2cc(F)ccc2OCCCOc2c(F)cc(F)cc2-c2cc(C(C)(C)CC(C)(C)C)cc(-n3c4ccc(C(C)(C)C)cc4c4cc(C(C)(C)C)ccc43)c2O)c(O)c(-n2c3ccc(C(C)(C)C)cc3c3cc(C(C)(C)C)ccc32)c1. The Balaban J connectivity index is 1.05. The summed E-state index contributed by atoms with van der Waals surface area (Å²) in [6.07, 6.45) is 1.79. The highest BCUT2D eigenvalue weighted by Crippen LogP contribution is 2.51. The molecule has 0 fully saturated rings. The Morgan fingerprint density at radius 1 is 0.348 bits per heavy atom. The van der Waals surface area contributed by atoms with Gasteiger partial charge >= 0.3 is 0 Å². The monoisotopic (exact) mass is 1240 g/mol. The first-order chi connectivity index (χ1) is 42.4. The Kier molecular flexibility index (Phi) is 17.1. The number of benzene rings is 8. The van der Waals surface area contributed by atoms with Crippen molar-refractivity contribution in [1.29, 1.82) is 0 Å². The number of hydrogen-bond donors (Lipinski definition) is 2. The van der Waals surface area contributed by atoms with Gasteiger partial charge < -0.3 is 28.8 Å². The number of phenols is 2. The summed E-state index contributed by atoms with van der Waals surface area (Å²) in [6.45, 7) is 48.5. The van der Waals surface area contributed by atoms with Crippen molar-refractivity contribution in [3.05, 3.63) is 178 Å². The zero-order valence-electron chi connectivity index (χ0n) is 58.9. The van der Waals surface area contributed by atoms with E-state index in [1.165, 1.54) is 40.5 Å². The van der Waals surface area contributed by atoms with Crippen LogP contribution in [0.3, 0.4) is 0 Å². The van der Waals surface area contributed by atoms with Crippen molar-refractivity contribution in [3.63, 3.8) is 0 Å². The van der Waals surface area contributed by atoms with Crippen molar-refractivity contribution in [2.24, 2.45) is 10.8 Å². The van der Waals surface area contributed by atoms with Crippen LogP contribution in [-0.2, 0) is 32.5 Å². The number of aromatic hydroxyl groups is 2. The lowest BCUT2D eigenvalue weighted by atomic mass is 9.71. The van der Waals surface area contributed by atoms with Crippen LogP contribution < -0.4 is 9.47 Å². The summed E-state index contributed by atoms with van der Waals surface area (Å²) in [5.74, 6) is -2.31. The van der Waals surface area contributed by atoms with E-state index >= 15 is 13.2 Å². The van der Waals surface area contributed by atoms with Gasteiger partial charge in [0.05, 0.1) is 46.7 Å². The molecule has 0 aliphatic heterocycles. The average Bonchev–Trinajstić information content (AvgIpc) is 1.54. The summed E-state index contributed by atoms with van der Waals surface area (Å²) in [5.41, 5.74) is 10.8. The minimum absolute atomic E-state index is 0.0308. The maximum absolute atomic E-state index is 16.7. The van der Waals surface area contributed by atoms with Gasteiger partial charge in [-0.3, -0.25) is 0 Å². The van der Waals surface area contributed by atoms with Crippen molar-refractivity contribution in [2.45, 2.75) is 204 Å². The second kappa shape index (κ2) is 23.4. The number of phenolic OH excluding ortho intramolecular Hbond substituents is 2. The number of rotatable bonds is 14. The summed E-state index contributed by atoms with van der Waals surface area (Å²) >= 11 is 0. The van der Waals surface area contributed by atoms with Gasteiger partial charge in [-0.05, 0) is 187 Å². The number of hydrogen-bond acceptors (Lipinski definition) is 4. The van der Waals surface area contributed by atoms with Gasteiger partial charge in [0.15, 0.2) is 11.6 Å². The number of nitrogens with zero attached hydrogens (tertiary/aromatic N) is 2. The topological polar surface area (TPSA) is 68.8 Å². The highest BCUT2D eigenvalue weighted by Gasteiger charge is 2.34. The lowest BCUT2D eigenvalue weighted by Crippen LogP contribution is -2.25. The molecule has 0 unspecified atom stereocenters.